The minimum Gasteiger partial charge on any atom is -0.369 e. The summed E-state index contributed by atoms with van der Waals surface area (Å²) in [5.41, 5.74) is 6.19. The predicted molar refractivity (Wildman–Crippen MR) is 61.2 cm³/mol. The van der Waals surface area contributed by atoms with Crippen molar-refractivity contribution < 1.29 is 8.42 Å². The van der Waals surface area contributed by atoms with Gasteiger partial charge in [0.1, 0.15) is 10.4 Å². The molecule has 0 aliphatic carbocycles. The van der Waals surface area contributed by atoms with Crippen LogP contribution in [0.4, 0.5) is 5.95 Å². The second kappa shape index (κ2) is 3.36. The van der Waals surface area contributed by atoms with Gasteiger partial charge in [-0.05, 0) is 28.1 Å². The summed E-state index contributed by atoms with van der Waals surface area (Å²) in [5, 5.41) is 0. The van der Waals surface area contributed by atoms with Gasteiger partial charge in [0.25, 0.3) is 9.05 Å². The van der Waals surface area contributed by atoms with E-state index in [1.807, 2.05) is 0 Å². The van der Waals surface area contributed by atoms with E-state index in [1.54, 1.807) is 12.1 Å². The molecule has 80 valence electrons. The van der Waals surface area contributed by atoms with E-state index in [0.29, 0.717) is 9.99 Å². The first kappa shape index (κ1) is 10.7. The number of nitrogens with zero attached hydrogens (tertiary/aromatic N) is 1. The number of benzene rings is 1. The number of nitrogen functional groups attached to an aromatic ring is 1. The van der Waals surface area contributed by atoms with E-state index in [2.05, 4.69) is 25.9 Å². The molecule has 0 amide bonds. The van der Waals surface area contributed by atoms with Gasteiger partial charge in [0.2, 0.25) is 0 Å². The third-order valence-electron chi connectivity index (χ3n) is 1.82. The van der Waals surface area contributed by atoms with Gasteiger partial charge in [0.15, 0.2) is 5.95 Å². The number of rotatable bonds is 1. The van der Waals surface area contributed by atoms with E-state index in [0.717, 1.165) is 0 Å². The van der Waals surface area contributed by atoms with Gasteiger partial charge >= 0.3 is 0 Å². The lowest BCUT2D eigenvalue weighted by Crippen LogP contribution is -1.94. The van der Waals surface area contributed by atoms with E-state index >= 15 is 0 Å². The molecule has 2 aromatic rings. The molecule has 0 atom stereocenters. The smallest absolute Gasteiger partial charge is 0.264 e. The minimum atomic E-state index is -3.86. The van der Waals surface area contributed by atoms with Crippen molar-refractivity contribution in [3.05, 3.63) is 16.6 Å². The Morgan fingerprint density at radius 1 is 1.47 bits per heavy atom. The molecule has 0 saturated carbocycles. The zero-order chi connectivity index (χ0) is 11.2. The fourth-order valence-electron chi connectivity index (χ4n) is 1.28. The molecule has 1 aromatic heterocycles. The number of aromatic amines is 1. The molecule has 0 unspecified atom stereocenters. The Hall–Kier alpha value is -0.790. The SMILES string of the molecule is Nc1nc2c(S(=O)(=O)Cl)c(Br)ccc2[nH]1. The summed E-state index contributed by atoms with van der Waals surface area (Å²) in [4.78, 5) is 6.52. The molecule has 5 nitrogen and oxygen atoms in total. The molecule has 8 heteroatoms. The van der Waals surface area contributed by atoms with E-state index < -0.39 is 9.05 Å². The van der Waals surface area contributed by atoms with Crippen LogP contribution < -0.4 is 5.73 Å². The molecule has 15 heavy (non-hydrogen) atoms. The van der Waals surface area contributed by atoms with Crippen LogP contribution in [0, 0.1) is 0 Å². The number of nitrogens with two attached hydrogens (primary N) is 1. The number of H-pyrrole nitrogens is 1. The largest absolute Gasteiger partial charge is 0.369 e. The summed E-state index contributed by atoms with van der Waals surface area (Å²) >= 11 is 3.10. The monoisotopic (exact) mass is 309 g/mol. The van der Waals surface area contributed by atoms with Crippen LogP contribution in [-0.2, 0) is 9.05 Å². The molecule has 2 rings (SSSR count). The summed E-state index contributed by atoms with van der Waals surface area (Å²) in [6.07, 6.45) is 0. The fourth-order valence-corrected chi connectivity index (χ4v) is 3.67. The van der Waals surface area contributed by atoms with E-state index in [4.69, 9.17) is 16.4 Å². The van der Waals surface area contributed by atoms with E-state index in [1.165, 1.54) is 0 Å². The Bertz CT molecular complexity index is 637. The number of aromatic nitrogens is 2. The van der Waals surface area contributed by atoms with Gasteiger partial charge < -0.3 is 10.7 Å². The van der Waals surface area contributed by atoms with Crippen LogP contribution >= 0.6 is 26.6 Å². The van der Waals surface area contributed by atoms with Gasteiger partial charge in [-0.1, -0.05) is 0 Å². The highest BCUT2D eigenvalue weighted by atomic mass is 79.9. The van der Waals surface area contributed by atoms with Crippen molar-refractivity contribution in [1.82, 2.24) is 9.97 Å². The highest BCUT2D eigenvalue weighted by Crippen LogP contribution is 2.31. The lowest BCUT2D eigenvalue weighted by atomic mass is 10.3. The third kappa shape index (κ3) is 1.82. The number of hydrogen-bond acceptors (Lipinski definition) is 4. The van der Waals surface area contributed by atoms with E-state index in [-0.39, 0.29) is 16.4 Å². The lowest BCUT2D eigenvalue weighted by molar-refractivity contribution is 0.610. The number of hydrogen-bond donors (Lipinski definition) is 2. The van der Waals surface area contributed by atoms with Crippen molar-refractivity contribution in [3.63, 3.8) is 0 Å². The number of fused-ring (bicyclic) bond motifs is 1. The molecule has 1 aromatic carbocycles. The molecule has 0 fully saturated rings. The first-order chi connectivity index (χ1) is 6.89. The third-order valence-corrected chi connectivity index (χ3v) is 4.11. The highest BCUT2D eigenvalue weighted by molar-refractivity contribution is 9.10. The average Bonchev–Trinajstić information content (AvgIpc) is 2.41. The van der Waals surface area contributed by atoms with Gasteiger partial charge in [-0.15, -0.1) is 0 Å². The standard InChI is InChI=1S/C7H5BrClN3O2S/c8-3-1-2-4-5(12-7(10)11-4)6(3)15(9,13)14/h1-2H,(H3,10,11,12). The van der Waals surface area contributed by atoms with Crippen LogP contribution in [-0.4, -0.2) is 18.4 Å². The summed E-state index contributed by atoms with van der Waals surface area (Å²) in [7, 11) is 1.44. The van der Waals surface area contributed by atoms with Gasteiger partial charge in [-0.25, -0.2) is 13.4 Å². The van der Waals surface area contributed by atoms with Crippen LogP contribution in [0.3, 0.4) is 0 Å². The normalized spacial score (nSPS) is 12.1. The van der Waals surface area contributed by atoms with Gasteiger partial charge in [0.05, 0.1) is 5.52 Å². The molecular weight excluding hydrogens is 306 g/mol. The van der Waals surface area contributed by atoms with Crippen LogP contribution in [0.25, 0.3) is 11.0 Å². The summed E-state index contributed by atoms with van der Waals surface area (Å²) in [6, 6.07) is 3.23. The predicted octanol–water partition coefficient (Wildman–Crippen LogP) is 1.84. The zero-order valence-electron chi connectivity index (χ0n) is 7.16. The molecular formula is C7H5BrClN3O2S. The Kier molecular flexibility index (Phi) is 2.40. The topological polar surface area (TPSA) is 88.8 Å². The van der Waals surface area contributed by atoms with E-state index in [9.17, 15) is 8.42 Å². The maximum Gasteiger partial charge on any atom is 0.264 e. The molecule has 0 aliphatic rings. The lowest BCUT2D eigenvalue weighted by Gasteiger charge is -2.00. The van der Waals surface area contributed by atoms with Gasteiger partial charge in [-0.3, -0.25) is 0 Å². The second-order valence-corrected chi connectivity index (χ2v) is 6.19. The summed E-state index contributed by atoms with van der Waals surface area (Å²) < 4.78 is 23.0. The molecule has 3 N–H and O–H groups in total. The van der Waals surface area contributed by atoms with Gasteiger partial charge in [0, 0.05) is 15.2 Å². The Morgan fingerprint density at radius 3 is 2.73 bits per heavy atom. The molecule has 0 radical (unpaired) electrons. The van der Waals surface area contributed by atoms with Crippen LogP contribution in [0.1, 0.15) is 0 Å². The fraction of sp³-hybridized carbons (Fsp3) is 0. The molecule has 0 spiro atoms. The molecule has 1 heterocycles. The maximum absolute atomic E-state index is 11.3. The van der Waals surface area contributed by atoms with Crippen molar-refractivity contribution in [2.24, 2.45) is 0 Å². The van der Waals surface area contributed by atoms with Crippen molar-refractivity contribution >= 4 is 52.6 Å². The maximum atomic E-state index is 11.3. The summed E-state index contributed by atoms with van der Waals surface area (Å²) in [5.74, 6) is 0.143. The number of halogens is 2. The molecule has 0 bridgehead atoms. The first-order valence-corrected chi connectivity index (χ1v) is 6.88. The van der Waals surface area contributed by atoms with Crippen LogP contribution in [0.2, 0.25) is 0 Å². The van der Waals surface area contributed by atoms with Crippen LogP contribution in [0.5, 0.6) is 0 Å². The van der Waals surface area contributed by atoms with Gasteiger partial charge in [-0.2, -0.15) is 0 Å². The zero-order valence-corrected chi connectivity index (χ0v) is 10.3. The Labute approximate surface area is 98.2 Å². The highest BCUT2D eigenvalue weighted by Gasteiger charge is 2.20. The van der Waals surface area contributed by atoms with Crippen molar-refractivity contribution in [3.8, 4) is 0 Å². The van der Waals surface area contributed by atoms with Crippen molar-refractivity contribution in [1.29, 1.82) is 0 Å². The van der Waals surface area contributed by atoms with Crippen LogP contribution in [0.15, 0.2) is 21.5 Å². The molecule has 0 saturated heterocycles. The first-order valence-electron chi connectivity index (χ1n) is 3.78. The number of anilines is 1. The number of nitrogens with one attached hydrogen (secondary N) is 1. The minimum absolute atomic E-state index is 0.0744. The quantitative estimate of drug-likeness (QED) is 0.787. The van der Waals surface area contributed by atoms with Crippen molar-refractivity contribution in [2.75, 3.05) is 5.73 Å². The molecule has 0 aliphatic heterocycles. The number of imidazole rings is 1. The summed E-state index contributed by atoms with van der Waals surface area (Å²) in [6.45, 7) is 0. The van der Waals surface area contributed by atoms with Crippen molar-refractivity contribution in [2.45, 2.75) is 4.90 Å². The Balaban J connectivity index is 2.98. The Morgan fingerprint density at radius 2 is 2.13 bits per heavy atom. The average molecular weight is 311 g/mol. The second-order valence-electron chi connectivity index (χ2n) is 2.83.